The standard InChI is InChI=1S/C18H14FN3O3S/c1-11-17(24)22(13-6-4-12(19)5-7-13)18(26-11)15(9-20)16(23)21-10-14-3-2-8-25-14/h2-8,11H,10H2,1H3,(H,21,23)/b18-15+/t11-/m1/s1. The van der Waals surface area contributed by atoms with Gasteiger partial charge in [-0.25, -0.2) is 4.39 Å². The molecule has 1 N–H and O–H groups in total. The van der Waals surface area contributed by atoms with Gasteiger partial charge in [-0.3, -0.25) is 14.5 Å². The van der Waals surface area contributed by atoms with E-state index in [1.165, 1.54) is 35.4 Å². The monoisotopic (exact) mass is 371 g/mol. The molecule has 1 aromatic heterocycles. The number of furan rings is 1. The molecule has 2 heterocycles. The molecule has 1 aliphatic rings. The number of hydrogen-bond donors (Lipinski definition) is 1. The zero-order chi connectivity index (χ0) is 18.7. The molecule has 1 atom stereocenters. The number of carbonyl (C=O) groups excluding carboxylic acids is 2. The first-order valence-electron chi connectivity index (χ1n) is 7.72. The van der Waals surface area contributed by atoms with Gasteiger partial charge in [-0.05, 0) is 43.3 Å². The van der Waals surface area contributed by atoms with Crippen LogP contribution in [0.4, 0.5) is 10.1 Å². The van der Waals surface area contributed by atoms with Gasteiger partial charge in [-0.2, -0.15) is 5.26 Å². The third-order valence-electron chi connectivity index (χ3n) is 3.70. The Balaban J connectivity index is 1.92. The van der Waals surface area contributed by atoms with Gasteiger partial charge in [0.05, 0.1) is 18.1 Å². The molecule has 0 radical (unpaired) electrons. The van der Waals surface area contributed by atoms with Crippen LogP contribution in [0.15, 0.2) is 57.7 Å². The Bertz CT molecular complexity index is 901. The lowest BCUT2D eigenvalue weighted by atomic mass is 10.2. The minimum atomic E-state index is -0.611. The summed E-state index contributed by atoms with van der Waals surface area (Å²) >= 11 is 1.12. The Labute approximate surface area is 153 Å². The second-order valence-corrected chi connectivity index (χ2v) is 6.79. The highest BCUT2D eigenvalue weighted by Crippen LogP contribution is 2.40. The predicted molar refractivity (Wildman–Crippen MR) is 94.1 cm³/mol. The summed E-state index contributed by atoms with van der Waals surface area (Å²) in [4.78, 5) is 26.2. The second-order valence-electron chi connectivity index (χ2n) is 5.46. The zero-order valence-electron chi connectivity index (χ0n) is 13.7. The van der Waals surface area contributed by atoms with Crippen LogP contribution >= 0.6 is 11.8 Å². The molecule has 0 unspecified atom stereocenters. The second kappa shape index (κ2) is 7.45. The van der Waals surface area contributed by atoms with Crippen LogP contribution in [0.3, 0.4) is 0 Å². The summed E-state index contributed by atoms with van der Waals surface area (Å²) in [5, 5.41) is 11.9. The van der Waals surface area contributed by atoms with Crippen molar-refractivity contribution in [1.82, 2.24) is 5.32 Å². The number of thioether (sulfide) groups is 1. The van der Waals surface area contributed by atoms with Crippen LogP contribution in [0, 0.1) is 17.1 Å². The number of nitrogens with one attached hydrogen (secondary N) is 1. The summed E-state index contributed by atoms with van der Waals surface area (Å²) in [6, 6.07) is 10.6. The molecule has 132 valence electrons. The molecule has 1 fully saturated rings. The minimum absolute atomic E-state index is 0.120. The van der Waals surface area contributed by atoms with Gasteiger partial charge in [0.1, 0.15) is 28.2 Å². The molecule has 26 heavy (non-hydrogen) atoms. The van der Waals surface area contributed by atoms with Crippen molar-refractivity contribution >= 4 is 29.3 Å². The normalized spacial score (nSPS) is 18.6. The van der Waals surface area contributed by atoms with Crippen LogP contribution in [0.25, 0.3) is 0 Å². The predicted octanol–water partition coefficient (Wildman–Crippen LogP) is 2.94. The molecule has 0 bridgehead atoms. The molecule has 3 rings (SSSR count). The lowest BCUT2D eigenvalue weighted by Crippen LogP contribution is -2.30. The maximum absolute atomic E-state index is 13.2. The van der Waals surface area contributed by atoms with Crippen molar-refractivity contribution < 1.29 is 18.4 Å². The average Bonchev–Trinajstić information content (AvgIpc) is 3.24. The van der Waals surface area contributed by atoms with Crippen molar-refractivity contribution in [3.63, 3.8) is 0 Å². The van der Waals surface area contributed by atoms with Crippen LogP contribution in [0.1, 0.15) is 12.7 Å². The molecule has 6 nitrogen and oxygen atoms in total. The fourth-order valence-corrected chi connectivity index (χ4v) is 3.52. The molecule has 8 heteroatoms. The third-order valence-corrected chi connectivity index (χ3v) is 4.87. The van der Waals surface area contributed by atoms with Crippen LogP contribution in [0.5, 0.6) is 0 Å². The maximum atomic E-state index is 13.2. The number of carbonyl (C=O) groups is 2. The van der Waals surface area contributed by atoms with Crippen LogP contribution in [-0.4, -0.2) is 17.1 Å². The number of rotatable bonds is 4. The number of amides is 2. The number of benzene rings is 1. The molecule has 1 aliphatic heterocycles. The minimum Gasteiger partial charge on any atom is -0.467 e. The lowest BCUT2D eigenvalue weighted by molar-refractivity contribution is -0.117. The topological polar surface area (TPSA) is 86.3 Å². The Morgan fingerprint density at radius 2 is 2.12 bits per heavy atom. The summed E-state index contributed by atoms with van der Waals surface area (Å²) in [5.41, 5.74) is 0.221. The van der Waals surface area contributed by atoms with Gasteiger partial charge in [-0.1, -0.05) is 11.8 Å². The number of hydrogen-bond acceptors (Lipinski definition) is 5. The Hall–Kier alpha value is -3.05. The van der Waals surface area contributed by atoms with E-state index in [1.807, 2.05) is 6.07 Å². The van der Waals surface area contributed by atoms with E-state index >= 15 is 0 Å². The van der Waals surface area contributed by atoms with Gasteiger partial charge in [-0.15, -0.1) is 0 Å². The molecule has 2 aromatic rings. The Morgan fingerprint density at radius 3 is 2.73 bits per heavy atom. The lowest BCUT2D eigenvalue weighted by Gasteiger charge is -2.18. The number of halogens is 1. The largest absolute Gasteiger partial charge is 0.467 e. The Kier molecular flexibility index (Phi) is 5.09. The summed E-state index contributed by atoms with van der Waals surface area (Å²) < 4.78 is 18.3. The fraction of sp³-hybridized carbons (Fsp3) is 0.167. The maximum Gasteiger partial charge on any atom is 0.265 e. The molecule has 1 aromatic carbocycles. The highest BCUT2D eigenvalue weighted by Gasteiger charge is 2.38. The summed E-state index contributed by atoms with van der Waals surface area (Å²) in [6.45, 7) is 1.81. The van der Waals surface area contributed by atoms with Crippen LogP contribution in [-0.2, 0) is 16.1 Å². The summed E-state index contributed by atoms with van der Waals surface area (Å²) in [7, 11) is 0. The third kappa shape index (κ3) is 3.48. The zero-order valence-corrected chi connectivity index (χ0v) is 14.5. The first-order chi connectivity index (χ1) is 12.5. The first kappa shape index (κ1) is 17.8. The number of nitriles is 1. The van der Waals surface area contributed by atoms with Crippen molar-refractivity contribution in [1.29, 1.82) is 5.26 Å². The van der Waals surface area contributed by atoms with Gasteiger partial charge in [0, 0.05) is 5.69 Å². The average molecular weight is 371 g/mol. The van der Waals surface area contributed by atoms with Gasteiger partial charge < -0.3 is 9.73 Å². The molecule has 0 saturated carbocycles. The van der Waals surface area contributed by atoms with Crippen molar-refractivity contribution in [2.75, 3.05) is 4.90 Å². The van der Waals surface area contributed by atoms with E-state index in [9.17, 15) is 19.2 Å². The van der Waals surface area contributed by atoms with E-state index in [0.29, 0.717) is 11.4 Å². The van der Waals surface area contributed by atoms with E-state index < -0.39 is 17.0 Å². The molecule has 0 aliphatic carbocycles. The Morgan fingerprint density at radius 1 is 1.38 bits per heavy atom. The van der Waals surface area contributed by atoms with E-state index in [-0.39, 0.29) is 23.1 Å². The fourth-order valence-electron chi connectivity index (χ4n) is 2.42. The van der Waals surface area contributed by atoms with E-state index in [2.05, 4.69) is 5.32 Å². The van der Waals surface area contributed by atoms with Gasteiger partial charge >= 0.3 is 0 Å². The van der Waals surface area contributed by atoms with Gasteiger partial charge in [0.2, 0.25) is 5.91 Å². The number of nitrogens with zero attached hydrogens (tertiary/aromatic N) is 2. The molecular formula is C18H14FN3O3S. The quantitative estimate of drug-likeness (QED) is 0.660. The molecular weight excluding hydrogens is 357 g/mol. The van der Waals surface area contributed by atoms with Crippen molar-refractivity contribution in [2.24, 2.45) is 0 Å². The van der Waals surface area contributed by atoms with E-state index in [4.69, 9.17) is 4.42 Å². The van der Waals surface area contributed by atoms with Gasteiger partial charge in [0.15, 0.2) is 0 Å². The molecule has 1 saturated heterocycles. The van der Waals surface area contributed by atoms with Crippen molar-refractivity contribution in [3.8, 4) is 6.07 Å². The van der Waals surface area contributed by atoms with Crippen LogP contribution in [0.2, 0.25) is 0 Å². The highest BCUT2D eigenvalue weighted by atomic mass is 32.2. The molecule has 2 amide bonds. The smallest absolute Gasteiger partial charge is 0.265 e. The molecule has 0 spiro atoms. The van der Waals surface area contributed by atoms with Crippen molar-refractivity contribution in [3.05, 3.63) is 64.8 Å². The van der Waals surface area contributed by atoms with Crippen LogP contribution < -0.4 is 10.2 Å². The highest BCUT2D eigenvalue weighted by molar-refractivity contribution is 8.05. The first-order valence-corrected chi connectivity index (χ1v) is 8.60. The van der Waals surface area contributed by atoms with E-state index in [1.54, 1.807) is 19.1 Å². The van der Waals surface area contributed by atoms with Crippen molar-refractivity contribution in [2.45, 2.75) is 18.7 Å². The van der Waals surface area contributed by atoms with E-state index in [0.717, 1.165) is 11.8 Å². The SMILES string of the molecule is C[C@H]1S/C(=C(\C#N)C(=O)NCc2ccco2)N(c2ccc(F)cc2)C1=O. The number of anilines is 1. The van der Waals surface area contributed by atoms with Gasteiger partial charge in [0.25, 0.3) is 5.91 Å². The summed E-state index contributed by atoms with van der Waals surface area (Å²) in [5.74, 6) is -0.786. The summed E-state index contributed by atoms with van der Waals surface area (Å²) in [6.07, 6.45) is 1.48.